The van der Waals surface area contributed by atoms with E-state index in [0.717, 1.165) is 16.9 Å². The third kappa shape index (κ3) is 3.57. The summed E-state index contributed by atoms with van der Waals surface area (Å²) in [6.07, 6.45) is 1.52. The number of ether oxygens (including phenoxy) is 3. The third-order valence-corrected chi connectivity index (χ3v) is 4.33. The number of amides is 1. The fourth-order valence-corrected chi connectivity index (χ4v) is 2.90. The lowest BCUT2D eigenvalue weighted by atomic mass is 10.1. The van der Waals surface area contributed by atoms with Crippen molar-refractivity contribution < 1.29 is 19.0 Å². The molecule has 7 nitrogen and oxygen atoms in total. The lowest BCUT2D eigenvalue weighted by Gasteiger charge is -2.18. The van der Waals surface area contributed by atoms with Gasteiger partial charge in [0.1, 0.15) is 19.0 Å². The molecule has 0 spiro atoms. The SMILES string of the molecule is COc1ccc(CNC(=O)c2cn[nH]c2-c2ccc3c(c2)OCCO3)cc1. The molecule has 3 aromatic rings. The lowest BCUT2D eigenvalue weighted by Crippen LogP contribution is -2.23. The van der Waals surface area contributed by atoms with Crippen molar-refractivity contribution in [3.05, 3.63) is 59.8 Å². The third-order valence-electron chi connectivity index (χ3n) is 4.33. The number of nitrogens with zero attached hydrogens (tertiary/aromatic N) is 1. The molecule has 2 heterocycles. The molecule has 2 aromatic carbocycles. The number of aromatic nitrogens is 2. The zero-order chi connectivity index (χ0) is 18.6. The molecule has 2 N–H and O–H groups in total. The molecule has 0 fully saturated rings. The number of carbonyl (C=O) groups excluding carboxylic acids is 1. The fourth-order valence-electron chi connectivity index (χ4n) is 2.90. The van der Waals surface area contributed by atoms with Crippen molar-refractivity contribution in [3.8, 4) is 28.5 Å². The Morgan fingerprint density at radius 3 is 2.70 bits per heavy atom. The standard InChI is InChI=1S/C20H19N3O4/c1-25-15-5-2-13(3-6-15)11-21-20(24)16-12-22-23-19(16)14-4-7-17-18(10-14)27-9-8-26-17/h2-7,10,12H,8-9,11H2,1H3,(H,21,24)(H,22,23). The van der Waals surface area contributed by atoms with Crippen molar-refractivity contribution in [1.82, 2.24) is 15.5 Å². The first kappa shape index (κ1) is 17.0. The van der Waals surface area contributed by atoms with Crippen molar-refractivity contribution in [2.75, 3.05) is 20.3 Å². The molecule has 0 unspecified atom stereocenters. The second kappa shape index (κ2) is 7.41. The maximum absolute atomic E-state index is 12.6. The van der Waals surface area contributed by atoms with E-state index in [0.29, 0.717) is 42.5 Å². The highest BCUT2D eigenvalue weighted by molar-refractivity contribution is 5.99. The average Bonchev–Trinajstić information content (AvgIpc) is 3.22. The zero-order valence-electron chi connectivity index (χ0n) is 14.8. The summed E-state index contributed by atoms with van der Waals surface area (Å²) in [6, 6.07) is 13.1. The number of aromatic amines is 1. The first-order valence-corrected chi connectivity index (χ1v) is 8.59. The van der Waals surface area contributed by atoms with Gasteiger partial charge in [0.25, 0.3) is 5.91 Å². The van der Waals surface area contributed by atoms with Gasteiger partial charge in [-0.1, -0.05) is 12.1 Å². The molecule has 0 saturated heterocycles. The number of rotatable bonds is 5. The molecule has 4 rings (SSSR count). The summed E-state index contributed by atoms with van der Waals surface area (Å²) in [6.45, 7) is 1.46. The Morgan fingerprint density at radius 2 is 1.93 bits per heavy atom. The average molecular weight is 365 g/mol. The molecule has 27 heavy (non-hydrogen) atoms. The number of carbonyl (C=O) groups is 1. The summed E-state index contributed by atoms with van der Waals surface area (Å²) in [5.74, 6) is 1.94. The number of H-pyrrole nitrogens is 1. The molecular weight excluding hydrogens is 346 g/mol. The predicted molar refractivity (Wildman–Crippen MR) is 99.2 cm³/mol. The Bertz CT molecular complexity index is 950. The van der Waals surface area contributed by atoms with Gasteiger partial charge in [-0.05, 0) is 35.9 Å². The minimum absolute atomic E-state index is 0.204. The molecule has 0 saturated carbocycles. The monoisotopic (exact) mass is 365 g/mol. The Balaban J connectivity index is 1.50. The van der Waals surface area contributed by atoms with E-state index in [2.05, 4.69) is 15.5 Å². The van der Waals surface area contributed by atoms with E-state index in [1.165, 1.54) is 6.20 Å². The Labute approximate surface area is 156 Å². The van der Waals surface area contributed by atoms with Crippen LogP contribution in [0.3, 0.4) is 0 Å². The van der Waals surface area contributed by atoms with Crippen LogP contribution in [-0.4, -0.2) is 36.4 Å². The summed E-state index contributed by atoms with van der Waals surface area (Å²) < 4.78 is 16.3. The Kier molecular flexibility index (Phi) is 4.65. The molecule has 138 valence electrons. The second-order valence-corrected chi connectivity index (χ2v) is 6.05. The van der Waals surface area contributed by atoms with Gasteiger partial charge in [0.05, 0.1) is 24.6 Å². The van der Waals surface area contributed by atoms with Gasteiger partial charge in [0.15, 0.2) is 11.5 Å². The summed E-state index contributed by atoms with van der Waals surface area (Å²) >= 11 is 0. The number of methoxy groups -OCH3 is 1. The quantitative estimate of drug-likeness (QED) is 0.726. The van der Waals surface area contributed by atoms with Gasteiger partial charge in [-0.15, -0.1) is 0 Å². The highest BCUT2D eigenvalue weighted by Gasteiger charge is 2.18. The minimum atomic E-state index is -0.204. The van der Waals surface area contributed by atoms with Crippen LogP contribution in [-0.2, 0) is 6.54 Å². The van der Waals surface area contributed by atoms with Crippen molar-refractivity contribution in [2.24, 2.45) is 0 Å². The molecule has 1 aromatic heterocycles. The van der Waals surface area contributed by atoms with Crippen LogP contribution in [0, 0.1) is 0 Å². The Morgan fingerprint density at radius 1 is 1.15 bits per heavy atom. The van der Waals surface area contributed by atoms with E-state index in [1.807, 2.05) is 42.5 Å². The first-order valence-electron chi connectivity index (χ1n) is 8.59. The number of hydrogen-bond acceptors (Lipinski definition) is 5. The maximum Gasteiger partial charge on any atom is 0.255 e. The maximum atomic E-state index is 12.6. The van der Waals surface area contributed by atoms with Gasteiger partial charge in [0.2, 0.25) is 0 Å². The van der Waals surface area contributed by atoms with E-state index in [-0.39, 0.29) is 5.91 Å². The van der Waals surface area contributed by atoms with E-state index in [9.17, 15) is 4.79 Å². The minimum Gasteiger partial charge on any atom is -0.497 e. The van der Waals surface area contributed by atoms with Gasteiger partial charge < -0.3 is 19.5 Å². The molecule has 1 amide bonds. The molecule has 0 atom stereocenters. The first-order chi connectivity index (χ1) is 13.2. The molecular formula is C20H19N3O4. The van der Waals surface area contributed by atoms with E-state index in [4.69, 9.17) is 14.2 Å². The van der Waals surface area contributed by atoms with Crippen LogP contribution in [0.5, 0.6) is 17.2 Å². The largest absolute Gasteiger partial charge is 0.497 e. The van der Waals surface area contributed by atoms with E-state index in [1.54, 1.807) is 7.11 Å². The van der Waals surface area contributed by atoms with Crippen LogP contribution in [0.4, 0.5) is 0 Å². The van der Waals surface area contributed by atoms with Crippen molar-refractivity contribution in [1.29, 1.82) is 0 Å². The number of nitrogens with one attached hydrogen (secondary N) is 2. The Hall–Kier alpha value is -3.48. The molecule has 1 aliphatic heterocycles. The molecule has 0 bridgehead atoms. The van der Waals surface area contributed by atoms with Crippen LogP contribution >= 0.6 is 0 Å². The second-order valence-electron chi connectivity index (χ2n) is 6.05. The van der Waals surface area contributed by atoms with Crippen LogP contribution in [0.2, 0.25) is 0 Å². The van der Waals surface area contributed by atoms with Gasteiger partial charge >= 0.3 is 0 Å². The summed E-state index contributed by atoms with van der Waals surface area (Å²) in [5.41, 5.74) is 2.90. The fraction of sp³-hybridized carbons (Fsp3) is 0.200. The molecule has 7 heteroatoms. The van der Waals surface area contributed by atoms with Crippen LogP contribution < -0.4 is 19.5 Å². The van der Waals surface area contributed by atoms with E-state index >= 15 is 0 Å². The zero-order valence-corrected chi connectivity index (χ0v) is 14.8. The summed E-state index contributed by atoms with van der Waals surface area (Å²) in [7, 11) is 1.62. The summed E-state index contributed by atoms with van der Waals surface area (Å²) in [4.78, 5) is 12.6. The van der Waals surface area contributed by atoms with Crippen LogP contribution in [0.1, 0.15) is 15.9 Å². The van der Waals surface area contributed by atoms with Crippen LogP contribution in [0.25, 0.3) is 11.3 Å². The highest BCUT2D eigenvalue weighted by atomic mass is 16.6. The molecule has 0 aliphatic carbocycles. The lowest BCUT2D eigenvalue weighted by molar-refractivity contribution is 0.0951. The van der Waals surface area contributed by atoms with Gasteiger partial charge in [-0.2, -0.15) is 5.10 Å². The predicted octanol–water partition coefficient (Wildman–Crippen LogP) is 2.79. The van der Waals surface area contributed by atoms with Gasteiger partial charge in [-0.3, -0.25) is 9.89 Å². The topological polar surface area (TPSA) is 85.5 Å². The van der Waals surface area contributed by atoms with Crippen molar-refractivity contribution >= 4 is 5.91 Å². The van der Waals surface area contributed by atoms with Crippen LogP contribution in [0.15, 0.2) is 48.7 Å². The molecule has 0 radical (unpaired) electrons. The number of hydrogen-bond donors (Lipinski definition) is 2. The van der Waals surface area contributed by atoms with Crippen molar-refractivity contribution in [2.45, 2.75) is 6.54 Å². The number of fused-ring (bicyclic) bond motifs is 1. The van der Waals surface area contributed by atoms with Gasteiger partial charge in [-0.25, -0.2) is 0 Å². The summed E-state index contributed by atoms with van der Waals surface area (Å²) in [5, 5.41) is 9.85. The van der Waals surface area contributed by atoms with Gasteiger partial charge in [0, 0.05) is 12.1 Å². The highest BCUT2D eigenvalue weighted by Crippen LogP contribution is 2.34. The normalized spacial score (nSPS) is 12.5. The van der Waals surface area contributed by atoms with E-state index < -0.39 is 0 Å². The van der Waals surface area contributed by atoms with Crippen molar-refractivity contribution in [3.63, 3.8) is 0 Å². The molecule has 1 aliphatic rings. The number of benzene rings is 2. The smallest absolute Gasteiger partial charge is 0.255 e.